The third-order valence-electron chi connectivity index (χ3n) is 2.65. The van der Waals surface area contributed by atoms with E-state index in [2.05, 4.69) is 19.9 Å². The zero-order chi connectivity index (χ0) is 8.97. The van der Waals surface area contributed by atoms with Gasteiger partial charge in [0.05, 0.1) is 0 Å². The maximum atomic E-state index is 10.9. The van der Waals surface area contributed by atoms with Crippen molar-refractivity contribution in [3.05, 3.63) is 11.6 Å². The second-order valence-corrected chi connectivity index (χ2v) is 3.82. The van der Waals surface area contributed by atoms with Crippen LogP contribution >= 0.6 is 0 Å². The number of rotatable bonds is 3. The first-order chi connectivity index (χ1) is 5.72. The summed E-state index contributed by atoms with van der Waals surface area (Å²) in [5, 5.41) is 0. The molecule has 0 bridgehead atoms. The molecule has 1 heteroatoms. The smallest absolute Gasteiger partial charge is 0.136 e. The molecular weight excluding hydrogens is 148 g/mol. The van der Waals surface area contributed by atoms with Gasteiger partial charge in [0.2, 0.25) is 0 Å². The molecule has 12 heavy (non-hydrogen) atoms. The SMILES string of the molecule is CCC(C)CC1=CCC(=O)CC1. The van der Waals surface area contributed by atoms with Crippen LogP contribution in [0.1, 0.15) is 46.0 Å². The van der Waals surface area contributed by atoms with Crippen LogP contribution in [-0.4, -0.2) is 5.78 Å². The van der Waals surface area contributed by atoms with E-state index in [1.807, 2.05) is 0 Å². The van der Waals surface area contributed by atoms with Gasteiger partial charge < -0.3 is 0 Å². The third-order valence-corrected chi connectivity index (χ3v) is 2.65. The second kappa shape index (κ2) is 4.44. The first-order valence-corrected chi connectivity index (χ1v) is 4.92. The van der Waals surface area contributed by atoms with Gasteiger partial charge in [-0.3, -0.25) is 4.79 Å². The van der Waals surface area contributed by atoms with Gasteiger partial charge >= 0.3 is 0 Å². The van der Waals surface area contributed by atoms with Gasteiger partial charge in [-0.05, 0) is 18.8 Å². The minimum absolute atomic E-state index is 0.405. The van der Waals surface area contributed by atoms with Crippen LogP contribution < -0.4 is 0 Å². The van der Waals surface area contributed by atoms with E-state index in [9.17, 15) is 4.79 Å². The summed E-state index contributed by atoms with van der Waals surface area (Å²) in [7, 11) is 0. The molecule has 0 spiro atoms. The minimum atomic E-state index is 0.405. The summed E-state index contributed by atoms with van der Waals surface area (Å²) in [6, 6.07) is 0. The van der Waals surface area contributed by atoms with Crippen LogP contribution in [0.3, 0.4) is 0 Å². The van der Waals surface area contributed by atoms with Crippen molar-refractivity contribution in [3.8, 4) is 0 Å². The molecule has 0 fully saturated rings. The van der Waals surface area contributed by atoms with Crippen molar-refractivity contribution in [3.63, 3.8) is 0 Å². The molecule has 0 N–H and O–H groups in total. The predicted octanol–water partition coefficient (Wildman–Crippen LogP) is 3.10. The number of carbonyl (C=O) groups is 1. The summed E-state index contributed by atoms with van der Waals surface area (Å²) >= 11 is 0. The highest BCUT2D eigenvalue weighted by molar-refractivity contribution is 5.81. The summed E-state index contributed by atoms with van der Waals surface area (Å²) in [5.41, 5.74) is 1.50. The molecule has 68 valence electrons. The third kappa shape index (κ3) is 2.80. The molecule has 1 nitrogen and oxygen atoms in total. The summed E-state index contributed by atoms with van der Waals surface area (Å²) in [6.45, 7) is 4.50. The van der Waals surface area contributed by atoms with E-state index < -0.39 is 0 Å². The van der Waals surface area contributed by atoms with E-state index in [4.69, 9.17) is 0 Å². The standard InChI is InChI=1S/C11H18O/c1-3-9(2)8-10-4-6-11(12)7-5-10/h4,9H,3,5-8H2,1-2H3. The lowest BCUT2D eigenvalue weighted by molar-refractivity contribution is -0.118. The fourth-order valence-corrected chi connectivity index (χ4v) is 1.54. The summed E-state index contributed by atoms with van der Waals surface area (Å²) in [4.78, 5) is 10.9. The largest absolute Gasteiger partial charge is 0.299 e. The molecule has 0 aliphatic heterocycles. The van der Waals surface area contributed by atoms with Crippen molar-refractivity contribution >= 4 is 5.78 Å². The number of Topliss-reactive ketones (excluding diaryl/α,β-unsaturated/α-hetero) is 1. The minimum Gasteiger partial charge on any atom is -0.299 e. The Bertz CT molecular complexity index is 191. The Morgan fingerprint density at radius 1 is 1.50 bits per heavy atom. The first-order valence-electron chi connectivity index (χ1n) is 4.92. The van der Waals surface area contributed by atoms with E-state index >= 15 is 0 Å². The highest BCUT2D eigenvalue weighted by Gasteiger charge is 2.11. The van der Waals surface area contributed by atoms with E-state index in [0.29, 0.717) is 12.2 Å². The van der Waals surface area contributed by atoms with Crippen LogP contribution in [0, 0.1) is 5.92 Å². The molecule has 1 unspecified atom stereocenters. The number of allylic oxidation sites excluding steroid dienone is 2. The fraction of sp³-hybridized carbons (Fsp3) is 0.727. The Kier molecular flexibility index (Phi) is 3.51. The molecule has 0 saturated carbocycles. The first kappa shape index (κ1) is 9.50. The van der Waals surface area contributed by atoms with Gasteiger partial charge in [-0.15, -0.1) is 0 Å². The average molecular weight is 166 g/mol. The molecule has 1 rings (SSSR count). The molecule has 1 atom stereocenters. The second-order valence-electron chi connectivity index (χ2n) is 3.82. The van der Waals surface area contributed by atoms with Crippen molar-refractivity contribution in [1.29, 1.82) is 0 Å². The van der Waals surface area contributed by atoms with E-state index in [1.165, 1.54) is 18.4 Å². The lowest BCUT2D eigenvalue weighted by Crippen LogP contribution is -2.05. The van der Waals surface area contributed by atoms with Gasteiger partial charge in [0.1, 0.15) is 5.78 Å². The summed E-state index contributed by atoms with van der Waals surface area (Å²) in [5.74, 6) is 1.19. The van der Waals surface area contributed by atoms with Crippen LogP contribution in [0.2, 0.25) is 0 Å². The normalized spacial score (nSPS) is 20.5. The van der Waals surface area contributed by atoms with Gasteiger partial charge in [-0.1, -0.05) is 31.9 Å². The van der Waals surface area contributed by atoms with Crippen LogP contribution in [-0.2, 0) is 4.79 Å². The lowest BCUT2D eigenvalue weighted by Gasteiger charge is -2.15. The molecular formula is C11H18O. The van der Waals surface area contributed by atoms with E-state index in [-0.39, 0.29) is 0 Å². The quantitative estimate of drug-likeness (QED) is 0.589. The van der Waals surface area contributed by atoms with Crippen molar-refractivity contribution in [2.24, 2.45) is 5.92 Å². The number of hydrogen-bond donors (Lipinski definition) is 0. The number of ketones is 1. The van der Waals surface area contributed by atoms with Gasteiger partial charge in [0.25, 0.3) is 0 Å². The molecule has 0 heterocycles. The van der Waals surface area contributed by atoms with Crippen LogP contribution in [0.15, 0.2) is 11.6 Å². The molecule has 0 aromatic rings. The average Bonchev–Trinajstić information content (AvgIpc) is 2.09. The van der Waals surface area contributed by atoms with Gasteiger partial charge in [-0.25, -0.2) is 0 Å². The van der Waals surface area contributed by atoms with Gasteiger partial charge in [0, 0.05) is 12.8 Å². The molecule has 1 aliphatic rings. The van der Waals surface area contributed by atoms with E-state index in [0.717, 1.165) is 18.8 Å². The van der Waals surface area contributed by atoms with Crippen LogP contribution in [0.4, 0.5) is 0 Å². The summed E-state index contributed by atoms with van der Waals surface area (Å²) < 4.78 is 0. The monoisotopic (exact) mass is 166 g/mol. The molecule has 1 aliphatic carbocycles. The molecule has 0 aromatic carbocycles. The van der Waals surface area contributed by atoms with Crippen molar-refractivity contribution in [1.82, 2.24) is 0 Å². The Morgan fingerprint density at radius 3 is 2.75 bits per heavy atom. The maximum absolute atomic E-state index is 10.9. The maximum Gasteiger partial charge on any atom is 0.136 e. The van der Waals surface area contributed by atoms with Crippen molar-refractivity contribution in [2.45, 2.75) is 46.0 Å². The number of hydrogen-bond acceptors (Lipinski definition) is 1. The number of carbonyl (C=O) groups excluding carboxylic acids is 1. The van der Waals surface area contributed by atoms with Crippen molar-refractivity contribution in [2.75, 3.05) is 0 Å². The topological polar surface area (TPSA) is 17.1 Å². The Labute approximate surface area is 74.9 Å². The van der Waals surface area contributed by atoms with Gasteiger partial charge in [0.15, 0.2) is 0 Å². The molecule has 0 amide bonds. The van der Waals surface area contributed by atoms with Gasteiger partial charge in [-0.2, -0.15) is 0 Å². The lowest BCUT2D eigenvalue weighted by atomic mass is 9.90. The highest BCUT2D eigenvalue weighted by Crippen LogP contribution is 2.22. The Hall–Kier alpha value is -0.590. The van der Waals surface area contributed by atoms with Crippen LogP contribution in [0.5, 0.6) is 0 Å². The zero-order valence-electron chi connectivity index (χ0n) is 8.10. The molecule has 0 radical (unpaired) electrons. The molecule has 0 saturated heterocycles. The van der Waals surface area contributed by atoms with Crippen molar-refractivity contribution < 1.29 is 4.79 Å². The Balaban J connectivity index is 2.38. The fourth-order valence-electron chi connectivity index (χ4n) is 1.54. The molecule has 0 aromatic heterocycles. The highest BCUT2D eigenvalue weighted by atomic mass is 16.1. The Morgan fingerprint density at radius 2 is 2.25 bits per heavy atom. The van der Waals surface area contributed by atoms with Crippen LogP contribution in [0.25, 0.3) is 0 Å². The zero-order valence-corrected chi connectivity index (χ0v) is 8.10. The predicted molar refractivity (Wildman–Crippen MR) is 51.0 cm³/mol. The van der Waals surface area contributed by atoms with E-state index in [1.54, 1.807) is 0 Å². The summed E-state index contributed by atoms with van der Waals surface area (Å²) in [6.07, 6.45) is 7.06.